The molecular weight excluding hydrogens is 228 g/mol. The van der Waals surface area contributed by atoms with E-state index in [4.69, 9.17) is 11.6 Å². The molecule has 0 aliphatic rings. The first-order valence-electron chi connectivity index (χ1n) is 4.94. The van der Waals surface area contributed by atoms with Gasteiger partial charge < -0.3 is 15.4 Å². The molecule has 0 heterocycles. The zero-order chi connectivity index (χ0) is 12.0. The van der Waals surface area contributed by atoms with E-state index in [1.807, 2.05) is 6.92 Å². The number of rotatable bonds is 4. The summed E-state index contributed by atoms with van der Waals surface area (Å²) in [5.41, 5.74) is 0.627. The molecule has 0 fully saturated rings. The fraction of sp³-hybridized carbons (Fsp3) is 0.273. The van der Waals surface area contributed by atoms with Crippen LogP contribution in [0, 0.1) is 0 Å². The highest BCUT2D eigenvalue weighted by Crippen LogP contribution is 2.13. The lowest BCUT2D eigenvalue weighted by atomic mass is 10.2. The minimum Gasteiger partial charge on any atom is -0.328 e. The van der Waals surface area contributed by atoms with Crippen molar-refractivity contribution >= 4 is 29.6 Å². The number of benzene rings is 1. The normalized spacial score (nSPS) is 11.6. The lowest BCUT2D eigenvalue weighted by Gasteiger charge is -2.11. The first kappa shape index (κ1) is 12.5. The molecule has 0 radical (unpaired) electrons. The lowest BCUT2D eigenvalue weighted by molar-refractivity contribution is -0.109. The third-order valence-corrected chi connectivity index (χ3v) is 2.27. The summed E-state index contributed by atoms with van der Waals surface area (Å²) in [5.74, 6) is 0. The molecule has 0 unspecified atom stereocenters. The molecule has 2 amide bonds. The summed E-state index contributed by atoms with van der Waals surface area (Å²) in [7, 11) is 0. The van der Waals surface area contributed by atoms with Crippen LogP contribution in [0.2, 0.25) is 5.02 Å². The molecule has 0 aromatic heterocycles. The van der Waals surface area contributed by atoms with Crippen molar-refractivity contribution in [3.8, 4) is 0 Å². The second kappa shape index (κ2) is 6.12. The van der Waals surface area contributed by atoms with Gasteiger partial charge in [0.15, 0.2) is 0 Å². The molecule has 1 atom stereocenters. The molecule has 0 bridgehead atoms. The van der Waals surface area contributed by atoms with E-state index in [9.17, 15) is 9.59 Å². The highest BCUT2D eigenvalue weighted by Gasteiger charge is 2.08. The topological polar surface area (TPSA) is 58.2 Å². The average molecular weight is 241 g/mol. The molecule has 16 heavy (non-hydrogen) atoms. The van der Waals surface area contributed by atoms with Crippen LogP contribution in [0.5, 0.6) is 0 Å². The monoisotopic (exact) mass is 240 g/mol. The van der Waals surface area contributed by atoms with E-state index in [-0.39, 0.29) is 0 Å². The second-order valence-corrected chi connectivity index (χ2v) is 3.69. The van der Waals surface area contributed by atoms with Crippen LogP contribution < -0.4 is 10.6 Å². The van der Waals surface area contributed by atoms with Crippen molar-refractivity contribution in [1.82, 2.24) is 5.32 Å². The van der Waals surface area contributed by atoms with Gasteiger partial charge in [0.25, 0.3) is 0 Å². The van der Waals surface area contributed by atoms with Gasteiger partial charge in [-0.2, -0.15) is 0 Å². The van der Waals surface area contributed by atoms with Gasteiger partial charge in [0.05, 0.1) is 6.04 Å². The fourth-order valence-electron chi connectivity index (χ4n) is 1.10. The largest absolute Gasteiger partial charge is 0.328 e. The van der Waals surface area contributed by atoms with Crippen molar-refractivity contribution < 1.29 is 9.59 Å². The number of amides is 2. The summed E-state index contributed by atoms with van der Waals surface area (Å²) < 4.78 is 0. The van der Waals surface area contributed by atoms with E-state index in [1.54, 1.807) is 24.3 Å². The molecule has 0 saturated carbocycles. The van der Waals surface area contributed by atoms with Crippen LogP contribution in [0.15, 0.2) is 24.3 Å². The number of halogens is 1. The molecule has 0 aliphatic carbocycles. The van der Waals surface area contributed by atoms with Crippen LogP contribution in [-0.4, -0.2) is 18.4 Å². The molecule has 4 nitrogen and oxygen atoms in total. The van der Waals surface area contributed by atoms with E-state index < -0.39 is 12.1 Å². The summed E-state index contributed by atoms with van der Waals surface area (Å²) in [6.45, 7) is 1.82. The molecule has 1 rings (SSSR count). The molecule has 0 aliphatic heterocycles. The van der Waals surface area contributed by atoms with Gasteiger partial charge >= 0.3 is 6.03 Å². The Bertz CT molecular complexity index is 365. The molecule has 5 heteroatoms. The van der Waals surface area contributed by atoms with E-state index >= 15 is 0 Å². The predicted molar refractivity (Wildman–Crippen MR) is 63.7 cm³/mol. The van der Waals surface area contributed by atoms with Crippen LogP contribution in [0.3, 0.4) is 0 Å². The smallest absolute Gasteiger partial charge is 0.319 e. The Morgan fingerprint density at radius 3 is 2.56 bits per heavy atom. The lowest BCUT2D eigenvalue weighted by Crippen LogP contribution is -2.38. The van der Waals surface area contributed by atoms with Crippen molar-refractivity contribution in [2.45, 2.75) is 19.4 Å². The maximum atomic E-state index is 11.4. The Hall–Kier alpha value is -1.55. The predicted octanol–water partition coefficient (Wildman–Crippen LogP) is 2.44. The number of carbonyl (C=O) groups excluding carboxylic acids is 2. The van der Waals surface area contributed by atoms with E-state index in [0.29, 0.717) is 23.4 Å². The Morgan fingerprint density at radius 1 is 1.44 bits per heavy atom. The fourth-order valence-corrected chi connectivity index (χ4v) is 1.23. The molecule has 1 aromatic rings. The highest BCUT2D eigenvalue weighted by molar-refractivity contribution is 6.30. The first-order chi connectivity index (χ1) is 7.65. The number of anilines is 1. The molecule has 0 saturated heterocycles. The third-order valence-electron chi connectivity index (χ3n) is 2.02. The number of hydrogen-bond donors (Lipinski definition) is 2. The van der Waals surface area contributed by atoms with Gasteiger partial charge in [-0.15, -0.1) is 0 Å². The zero-order valence-electron chi connectivity index (χ0n) is 8.87. The van der Waals surface area contributed by atoms with Gasteiger partial charge in [0.2, 0.25) is 0 Å². The summed E-state index contributed by atoms with van der Waals surface area (Å²) in [5, 5.41) is 5.73. The SMILES string of the molecule is CC[C@H](C=O)NC(=O)Nc1ccc(Cl)cc1. The van der Waals surface area contributed by atoms with Gasteiger partial charge in [-0.3, -0.25) is 0 Å². The van der Waals surface area contributed by atoms with Crippen molar-refractivity contribution in [3.63, 3.8) is 0 Å². The van der Waals surface area contributed by atoms with Crippen LogP contribution >= 0.6 is 11.6 Å². The second-order valence-electron chi connectivity index (χ2n) is 3.26. The van der Waals surface area contributed by atoms with Crippen LogP contribution in [-0.2, 0) is 4.79 Å². The van der Waals surface area contributed by atoms with E-state index in [2.05, 4.69) is 10.6 Å². The molecule has 2 N–H and O–H groups in total. The number of nitrogens with one attached hydrogen (secondary N) is 2. The van der Waals surface area contributed by atoms with E-state index in [0.717, 1.165) is 0 Å². The number of carbonyl (C=O) groups is 2. The minimum absolute atomic E-state index is 0.402. The quantitative estimate of drug-likeness (QED) is 0.795. The molecule has 1 aromatic carbocycles. The van der Waals surface area contributed by atoms with E-state index in [1.165, 1.54) is 0 Å². The van der Waals surface area contributed by atoms with Gasteiger partial charge in [0.1, 0.15) is 6.29 Å². The van der Waals surface area contributed by atoms with Crippen LogP contribution in [0.25, 0.3) is 0 Å². The minimum atomic E-state index is -0.452. The van der Waals surface area contributed by atoms with Crippen molar-refractivity contribution in [1.29, 1.82) is 0 Å². The maximum absolute atomic E-state index is 11.4. The molecular formula is C11H13ClN2O2. The Balaban J connectivity index is 2.51. The van der Waals surface area contributed by atoms with Gasteiger partial charge in [-0.1, -0.05) is 18.5 Å². The average Bonchev–Trinajstić information content (AvgIpc) is 2.29. The third kappa shape index (κ3) is 3.90. The summed E-state index contributed by atoms with van der Waals surface area (Å²) in [4.78, 5) is 21.9. The summed E-state index contributed by atoms with van der Waals surface area (Å²) in [6.07, 6.45) is 1.28. The summed E-state index contributed by atoms with van der Waals surface area (Å²) in [6, 6.07) is 5.87. The van der Waals surface area contributed by atoms with Gasteiger partial charge in [0, 0.05) is 10.7 Å². The van der Waals surface area contributed by atoms with Gasteiger partial charge in [-0.25, -0.2) is 4.79 Å². The zero-order valence-corrected chi connectivity index (χ0v) is 9.62. The van der Waals surface area contributed by atoms with Crippen molar-refractivity contribution in [2.24, 2.45) is 0 Å². The van der Waals surface area contributed by atoms with Crippen molar-refractivity contribution in [3.05, 3.63) is 29.3 Å². The Labute approximate surface area is 99.0 Å². The standard InChI is InChI=1S/C11H13ClN2O2/c1-2-9(7-15)13-11(16)14-10-5-3-8(12)4-6-10/h3-7,9H,2H2,1H3,(H2,13,14,16)/t9-/m1/s1. The summed E-state index contributed by atoms with van der Waals surface area (Å²) >= 11 is 5.70. The molecule has 0 spiro atoms. The number of aldehydes is 1. The maximum Gasteiger partial charge on any atom is 0.319 e. The Morgan fingerprint density at radius 2 is 2.06 bits per heavy atom. The highest BCUT2D eigenvalue weighted by atomic mass is 35.5. The van der Waals surface area contributed by atoms with Crippen LogP contribution in [0.1, 0.15) is 13.3 Å². The van der Waals surface area contributed by atoms with Crippen LogP contribution in [0.4, 0.5) is 10.5 Å². The molecule has 86 valence electrons. The number of urea groups is 1. The first-order valence-corrected chi connectivity index (χ1v) is 5.32. The number of hydrogen-bond acceptors (Lipinski definition) is 2. The Kier molecular flexibility index (Phi) is 4.79. The van der Waals surface area contributed by atoms with Gasteiger partial charge in [-0.05, 0) is 30.7 Å². The van der Waals surface area contributed by atoms with Crippen molar-refractivity contribution in [2.75, 3.05) is 5.32 Å².